The van der Waals surface area contributed by atoms with E-state index in [4.69, 9.17) is 4.74 Å². The molecule has 0 aromatic heterocycles. The smallest absolute Gasteiger partial charge is 0.126 e. The Morgan fingerprint density at radius 3 is 2.44 bits per heavy atom. The Balaban J connectivity index is 2.99. The molecule has 1 unspecified atom stereocenters. The van der Waals surface area contributed by atoms with Gasteiger partial charge in [0.25, 0.3) is 0 Å². The molecule has 88 valence electrons. The Hall–Kier alpha value is -1.28. The van der Waals surface area contributed by atoms with Gasteiger partial charge >= 0.3 is 0 Å². The summed E-state index contributed by atoms with van der Waals surface area (Å²) in [5.41, 5.74) is 1.94. The average Bonchev–Trinajstić information content (AvgIpc) is 2.20. The van der Waals surface area contributed by atoms with Crippen LogP contribution in [0.5, 0.6) is 5.75 Å². The summed E-state index contributed by atoms with van der Waals surface area (Å²) in [5, 5.41) is 9.45. The van der Waals surface area contributed by atoms with Crippen molar-refractivity contribution in [3.05, 3.63) is 35.4 Å². The molecule has 2 heteroatoms. The van der Waals surface area contributed by atoms with E-state index in [1.54, 1.807) is 6.92 Å². The fraction of sp³-hybridized carbons (Fsp3) is 0.429. The third-order valence-corrected chi connectivity index (χ3v) is 2.32. The summed E-state index contributed by atoms with van der Waals surface area (Å²) >= 11 is 0. The van der Waals surface area contributed by atoms with Gasteiger partial charge in [-0.15, -0.1) is 0 Å². The Bertz CT molecular complexity index is 365. The fourth-order valence-electron chi connectivity index (χ4n) is 1.33. The van der Waals surface area contributed by atoms with Gasteiger partial charge in [0.15, 0.2) is 0 Å². The molecule has 1 rings (SSSR count). The lowest BCUT2D eigenvalue weighted by Gasteiger charge is -2.13. The monoisotopic (exact) mass is 220 g/mol. The van der Waals surface area contributed by atoms with Crippen LogP contribution < -0.4 is 4.74 Å². The van der Waals surface area contributed by atoms with E-state index in [2.05, 4.69) is 0 Å². The van der Waals surface area contributed by atoms with Crippen molar-refractivity contribution < 1.29 is 9.84 Å². The lowest BCUT2D eigenvalue weighted by molar-refractivity contribution is 0.232. The van der Waals surface area contributed by atoms with Gasteiger partial charge in [-0.25, -0.2) is 0 Å². The summed E-state index contributed by atoms with van der Waals surface area (Å²) in [5.74, 6) is 0.859. The van der Waals surface area contributed by atoms with Crippen molar-refractivity contribution in [2.45, 2.75) is 39.9 Å². The number of rotatable bonds is 4. The first kappa shape index (κ1) is 12.8. The van der Waals surface area contributed by atoms with E-state index < -0.39 is 6.10 Å². The predicted octanol–water partition coefficient (Wildman–Crippen LogP) is 3.26. The van der Waals surface area contributed by atoms with E-state index >= 15 is 0 Å². The van der Waals surface area contributed by atoms with Crippen molar-refractivity contribution >= 4 is 6.08 Å². The molecule has 0 amide bonds. The minimum absolute atomic E-state index is 0.154. The summed E-state index contributed by atoms with van der Waals surface area (Å²) in [7, 11) is 0. The zero-order valence-corrected chi connectivity index (χ0v) is 10.4. The third-order valence-electron chi connectivity index (χ3n) is 2.32. The van der Waals surface area contributed by atoms with Gasteiger partial charge < -0.3 is 9.84 Å². The van der Waals surface area contributed by atoms with Crippen LogP contribution in [0.25, 0.3) is 6.08 Å². The maximum Gasteiger partial charge on any atom is 0.126 e. The van der Waals surface area contributed by atoms with Gasteiger partial charge in [0.05, 0.1) is 12.2 Å². The highest BCUT2D eigenvalue weighted by Gasteiger charge is 2.04. The molecule has 0 fully saturated rings. The van der Waals surface area contributed by atoms with Crippen molar-refractivity contribution in [2.75, 3.05) is 0 Å². The number of ether oxygens (including phenoxy) is 1. The van der Waals surface area contributed by atoms with Gasteiger partial charge in [-0.3, -0.25) is 0 Å². The van der Waals surface area contributed by atoms with E-state index in [1.807, 2.05) is 51.1 Å². The first-order chi connectivity index (χ1) is 7.50. The topological polar surface area (TPSA) is 29.5 Å². The highest BCUT2D eigenvalue weighted by molar-refractivity contribution is 5.59. The number of hydrogen-bond acceptors (Lipinski definition) is 2. The van der Waals surface area contributed by atoms with E-state index in [0.29, 0.717) is 0 Å². The van der Waals surface area contributed by atoms with Crippen molar-refractivity contribution in [2.24, 2.45) is 0 Å². The molecule has 1 atom stereocenters. The summed E-state index contributed by atoms with van der Waals surface area (Å²) in [6, 6.07) is 7.85. The molecule has 16 heavy (non-hydrogen) atoms. The van der Waals surface area contributed by atoms with Crippen LogP contribution in [0.3, 0.4) is 0 Å². The van der Waals surface area contributed by atoms with Crippen LogP contribution >= 0.6 is 0 Å². The van der Waals surface area contributed by atoms with Crippen molar-refractivity contribution in [1.82, 2.24) is 0 Å². The van der Waals surface area contributed by atoms with Crippen molar-refractivity contribution in [1.29, 1.82) is 0 Å². The molecule has 0 aliphatic carbocycles. The van der Waals surface area contributed by atoms with Crippen LogP contribution in [0.4, 0.5) is 0 Å². The molecule has 0 radical (unpaired) electrons. The summed E-state index contributed by atoms with van der Waals surface area (Å²) in [6.45, 7) is 7.68. The minimum atomic E-state index is -0.424. The maximum atomic E-state index is 9.45. The molecule has 2 nitrogen and oxygen atoms in total. The normalized spacial score (nSPS) is 14.0. The second-order valence-corrected chi connectivity index (χ2v) is 4.27. The maximum absolute atomic E-state index is 9.45. The lowest BCUT2D eigenvalue weighted by Crippen LogP contribution is -2.07. The highest BCUT2D eigenvalue weighted by Crippen LogP contribution is 2.22. The Labute approximate surface area is 97.6 Å². The summed E-state index contributed by atoms with van der Waals surface area (Å²) in [4.78, 5) is 0. The molecule has 1 N–H and O–H groups in total. The van der Waals surface area contributed by atoms with Crippen LogP contribution in [0, 0.1) is 0 Å². The summed E-state index contributed by atoms with van der Waals surface area (Å²) in [6.07, 6.45) is 1.69. The van der Waals surface area contributed by atoms with E-state index in [-0.39, 0.29) is 6.10 Å². The second-order valence-electron chi connectivity index (χ2n) is 4.27. The van der Waals surface area contributed by atoms with Gasteiger partial charge in [0.1, 0.15) is 5.75 Å². The molecular weight excluding hydrogens is 200 g/mol. The first-order valence-corrected chi connectivity index (χ1v) is 5.62. The quantitative estimate of drug-likeness (QED) is 0.844. The SMILES string of the molecule is C/C(=C/c1ccccc1OC(C)C)C(C)O. The molecule has 0 aliphatic rings. The van der Waals surface area contributed by atoms with E-state index in [0.717, 1.165) is 16.9 Å². The Morgan fingerprint density at radius 1 is 1.25 bits per heavy atom. The first-order valence-electron chi connectivity index (χ1n) is 5.62. The second kappa shape index (κ2) is 5.71. The minimum Gasteiger partial charge on any atom is -0.490 e. The Kier molecular flexibility index (Phi) is 4.56. The van der Waals surface area contributed by atoms with E-state index in [9.17, 15) is 5.11 Å². The molecule has 0 bridgehead atoms. The highest BCUT2D eigenvalue weighted by atomic mass is 16.5. The van der Waals surface area contributed by atoms with Crippen LogP contribution in [-0.4, -0.2) is 17.3 Å². The lowest BCUT2D eigenvalue weighted by atomic mass is 10.1. The molecule has 1 aromatic rings. The Morgan fingerprint density at radius 2 is 1.88 bits per heavy atom. The standard InChI is InChI=1S/C14H20O2/c1-10(2)16-14-8-6-5-7-13(14)9-11(3)12(4)15/h5-10,12,15H,1-4H3/b11-9-. The van der Waals surface area contributed by atoms with Crippen molar-refractivity contribution in [3.63, 3.8) is 0 Å². The van der Waals surface area contributed by atoms with Crippen LogP contribution in [0.1, 0.15) is 33.3 Å². The third kappa shape index (κ3) is 3.70. The van der Waals surface area contributed by atoms with E-state index in [1.165, 1.54) is 0 Å². The number of hydrogen-bond donors (Lipinski definition) is 1. The van der Waals surface area contributed by atoms with Gasteiger partial charge in [0.2, 0.25) is 0 Å². The molecule has 1 aromatic carbocycles. The molecular formula is C14H20O2. The fourth-order valence-corrected chi connectivity index (χ4v) is 1.33. The summed E-state index contributed by atoms with van der Waals surface area (Å²) < 4.78 is 5.70. The molecule has 0 aliphatic heterocycles. The van der Waals surface area contributed by atoms with Crippen LogP contribution in [-0.2, 0) is 0 Å². The van der Waals surface area contributed by atoms with Gasteiger partial charge in [-0.1, -0.05) is 18.2 Å². The van der Waals surface area contributed by atoms with Crippen LogP contribution in [0.15, 0.2) is 29.8 Å². The predicted molar refractivity (Wildman–Crippen MR) is 67.5 cm³/mol. The number of benzene rings is 1. The number of aliphatic hydroxyl groups is 1. The number of aliphatic hydroxyl groups excluding tert-OH is 1. The van der Waals surface area contributed by atoms with Crippen LogP contribution in [0.2, 0.25) is 0 Å². The van der Waals surface area contributed by atoms with Gasteiger partial charge in [0, 0.05) is 5.56 Å². The number of para-hydroxylation sites is 1. The molecule has 0 saturated carbocycles. The zero-order valence-electron chi connectivity index (χ0n) is 10.4. The van der Waals surface area contributed by atoms with Crippen molar-refractivity contribution in [3.8, 4) is 5.75 Å². The van der Waals surface area contributed by atoms with Gasteiger partial charge in [-0.2, -0.15) is 0 Å². The molecule has 0 heterocycles. The van der Waals surface area contributed by atoms with Gasteiger partial charge in [-0.05, 0) is 45.4 Å². The average molecular weight is 220 g/mol. The molecule has 0 saturated heterocycles. The zero-order chi connectivity index (χ0) is 12.1. The largest absolute Gasteiger partial charge is 0.490 e. The molecule has 0 spiro atoms.